The molecule has 3 rings (SSSR count). The Bertz CT molecular complexity index is 1330. The highest BCUT2D eigenvalue weighted by Crippen LogP contribution is 2.14. The van der Waals surface area contributed by atoms with Gasteiger partial charge in [0, 0.05) is 24.4 Å². The molecule has 0 spiro atoms. The molecule has 0 aliphatic carbocycles. The van der Waals surface area contributed by atoms with Gasteiger partial charge in [-0.05, 0) is 55.7 Å². The minimum absolute atomic E-state index is 0.0444. The van der Waals surface area contributed by atoms with Gasteiger partial charge in [0.2, 0.25) is 5.88 Å². The smallest absolute Gasteiger partial charge is 0.431 e. The lowest BCUT2D eigenvalue weighted by Crippen LogP contribution is -2.30. The number of carbonyl (C=O) groups excluding carboxylic acids is 3. The number of pyridine rings is 1. The molecule has 0 unspecified atom stereocenters. The maximum absolute atomic E-state index is 12.6. The zero-order valence-electron chi connectivity index (χ0n) is 20.3. The molecule has 194 valence electrons. The highest BCUT2D eigenvalue weighted by atomic mass is 32.2. The molecule has 0 radical (unpaired) electrons. The van der Waals surface area contributed by atoms with Crippen LogP contribution in [0.5, 0.6) is 5.88 Å². The number of sulfonamides is 1. The van der Waals surface area contributed by atoms with Crippen molar-refractivity contribution in [3.8, 4) is 5.88 Å². The van der Waals surface area contributed by atoms with Crippen molar-refractivity contribution >= 4 is 28.0 Å². The number of benzene rings is 2. The summed E-state index contributed by atoms with van der Waals surface area (Å²) in [5.74, 6) is -1.18. The first-order valence-electron chi connectivity index (χ1n) is 11.5. The molecule has 2 N–H and O–H groups in total. The second-order valence-corrected chi connectivity index (χ2v) is 9.71. The van der Waals surface area contributed by atoms with Crippen LogP contribution in [0.15, 0.2) is 77.8 Å². The number of hydrogen-bond acceptors (Lipinski definition) is 8. The molecule has 0 aliphatic heterocycles. The van der Waals surface area contributed by atoms with Gasteiger partial charge in [-0.3, -0.25) is 9.59 Å². The standard InChI is InChI=1S/C26H27N3O7S/c1-3-18(2)35-26(32)36-23-14-11-21(17-28-23)25(31)29-37(33,34)22-12-9-19(10-13-22)15-16-27-24(30)20-7-5-4-6-8-20/h4-14,17-18H,3,15-16H2,1-2H3,(H,27,30)(H,29,31)/t18-/m1/s1. The monoisotopic (exact) mass is 525 g/mol. The van der Waals surface area contributed by atoms with Crippen LogP contribution in [0.4, 0.5) is 4.79 Å². The number of aromatic nitrogens is 1. The van der Waals surface area contributed by atoms with Crippen molar-refractivity contribution in [2.75, 3.05) is 6.54 Å². The molecule has 0 aliphatic rings. The first-order chi connectivity index (χ1) is 17.7. The summed E-state index contributed by atoms with van der Waals surface area (Å²) in [6.45, 7) is 3.93. The summed E-state index contributed by atoms with van der Waals surface area (Å²) in [6, 6.07) is 17.3. The van der Waals surface area contributed by atoms with Crippen molar-refractivity contribution in [3.63, 3.8) is 0 Å². The topological polar surface area (TPSA) is 141 Å². The van der Waals surface area contributed by atoms with Crippen LogP contribution < -0.4 is 14.8 Å². The molecule has 0 fully saturated rings. The molecule has 1 atom stereocenters. The van der Waals surface area contributed by atoms with E-state index in [2.05, 4.69) is 10.3 Å². The van der Waals surface area contributed by atoms with E-state index in [0.29, 0.717) is 24.9 Å². The largest absolute Gasteiger partial charge is 0.515 e. The van der Waals surface area contributed by atoms with Crippen molar-refractivity contribution < 1.29 is 32.3 Å². The normalized spacial score (nSPS) is 11.7. The Morgan fingerprint density at radius 2 is 1.62 bits per heavy atom. The maximum atomic E-state index is 12.6. The van der Waals surface area contributed by atoms with Crippen molar-refractivity contribution in [2.24, 2.45) is 0 Å². The summed E-state index contributed by atoms with van der Waals surface area (Å²) < 4.78 is 37.2. The first kappa shape index (κ1) is 27.3. The second kappa shape index (κ2) is 12.6. The van der Waals surface area contributed by atoms with Crippen molar-refractivity contribution in [3.05, 3.63) is 89.6 Å². The SMILES string of the molecule is CC[C@@H](C)OC(=O)Oc1ccc(C(=O)NS(=O)(=O)c2ccc(CCNC(=O)c3ccccc3)cc2)cn1. The van der Waals surface area contributed by atoms with E-state index in [4.69, 9.17) is 9.47 Å². The van der Waals surface area contributed by atoms with Gasteiger partial charge < -0.3 is 14.8 Å². The predicted octanol–water partition coefficient (Wildman–Crippen LogP) is 3.49. The van der Waals surface area contributed by atoms with Crippen molar-refractivity contribution in [1.82, 2.24) is 15.0 Å². The number of nitrogens with zero attached hydrogens (tertiary/aromatic N) is 1. The predicted molar refractivity (Wildman–Crippen MR) is 135 cm³/mol. The van der Waals surface area contributed by atoms with Crippen LogP contribution in [0.1, 0.15) is 46.5 Å². The lowest BCUT2D eigenvalue weighted by atomic mass is 10.1. The van der Waals surface area contributed by atoms with Crippen molar-refractivity contribution in [1.29, 1.82) is 0 Å². The summed E-state index contributed by atoms with van der Waals surface area (Å²) in [6.07, 6.45) is 0.951. The van der Waals surface area contributed by atoms with Crippen LogP contribution in [-0.2, 0) is 21.2 Å². The van der Waals surface area contributed by atoms with Crippen LogP contribution >= 0.6 is 0 Å². The van der Waals surface area contributed by atoms with Crippen molar-refractivity contribution in [2.45, 2.75) is 37.7 Å². The number of ether oxygens (including phenoxy) is 2. The Morgan fingerprint density at radius 3 is 2.24 bits per heavy atom. The zero-order valence-corrected chi connectivity index (χ0v) is 21.2. The van der Waals surface area contributed by atoms with E-state index >= 15 is 0 Å². The quantitative estimate of drug-likeness (QED) is 0.383. The molecule has 10 nitrogen and oxygen atoms in total. The molecule has 2 amide bonds. The molecule has 11 heteroatoms. The minimum atomic E-state index is -4.14. The Hall–Kier alpha value is -4.25. The van der Waals surface area contributed by atoms with Crippen LogP contribution in [0.2, 0.25) is 0 Å². The van der Waals surface area contributed by atoms with Crippen LogP contribution in [0.3, 0.4) is 0 Å². The van der Waals surface area contributed by atoms with Crippen LogP contribution in [0.25, 0.3) is 0 Å². The summed E-state index contributed by atoms with van der Waals surface area (Å²) in [5.41, 5.74) is 1.32. The molecular weight excluding hydrogens is 498 g/mol. The fourth-order valence-corrected chi connectivity index (χ4v) is 3.99. The number of carbonyl (C=O) groups is 3. The average molecular weight is 526 g/mol. The summed E-state index contributed by atoms with van der Waals surface area (Å²) in [4.78, 5) is 39.9. The van der Waals surface area contributed by atoms with Gasteiger partial charge in [0.15, 0.2) is 0 Å². The Balaban J connectivity index is 1.52. The van der Waals surface area contributed by atoms with Gasteiger partial charge >= 0.3 is 6.16 Å². The van der Waals surface area contributed by atoms with Gasteiger partial charge in [-0.15, -0.1) is 0 Å². The zero-order chi connectivity index (χ0) is 26.8. The van der Waals surface area contributed by atoms with E-state index in [1.54, 1.807) is 43.3 Å². The fraction of sp³-hybridized carbons (Fsp3) is 0.231. The van der Waals surface area contributed by atoms with E-state index in [1.807, 2.05) is 17.7 Å². The van der Waals surface area contributed by atoms with Gasteiger partial charge in [-0.25, -0.2) is 22.9 Å². The van der Waals surface area contributed by atoms with E-state index < -0.39 is 22.1 Å². The number of hydrogen-bond donors (Lipinski definition) is 2. The Kier molecular flexibility index (Phi) is 9.33. The van der Waals surface area contributed by atoms with Gasteiger partial charge in [0.05, 0.1) is 10.5 Å². The molecule has 0 bridgehead atoms. The molecule has 3 aromatic rings. The molecular formula is C26H27N3O7S. The van der Waals surface area contributed by atoms with Crippen LogP contribution in [0, 0.1) is 0 Å². The lowest BCUT2D eigenvalue weighted by Gasteiger charge is -2.10. The third-order valence-corrected chi connectivity index (χ3v) is 6.60. The Labute approximate surface area is 215 Å². The second-order valence-electron chi connectivity index (χ2n) is 8.02. The molecule has 0 saturated heterocycles. The number of nitrogens with one attached hydrogen (secondary N) is 2. The third-order valence-electron chi connectivity index (χ3n) is 5.25. The Morgan fingerprint density at radius 1 is 0.919 bits per heavy atom. The molecule has 0 saturated carbocycles. The van der Waals surface area contributed by atoms with Gasteiger partial charge in [0.1, 0.15) is 6.10 Å². The number of rotatable bonds is 10. The van der Waals surface area contributed by atoms with Gasteiger partial charge in [0.25, 0.3) is 21.8 Å². The van der Waals surface area contributed by atoms with E-state index in [9.17, 15) is 22.8 Å². The summed E-state index contributed by atoms with van der Waals surface area (Å²) in [7, 11) is -4.14. The van der Waals surface area contributed by atoms with Crippen LogP contribution in [-0.4, -0.2) is 44.0 Å². The summed E-state index contributed by atoms with van der Waals surface area (Å²) in [5, 5.41) is 2.81. The summed E-state index contributed by atoms with van der Waals surface area (Å²) >= 11 is 0. The minimum Gasteiger partial charge on any atom is -0.431 e. The highest BCUT2D eigenvalue weighted by molar-refractivity contribution is 7.90. The first-order valence-corrected chi connectivity index (χ1v) is 13.0. The lowest BCUT2D eigenvalue weighted by molar-refractivity contribution is 0.0631. The molecule has 1 heterocycles. The molecule has 1 aromatic heterocycles. The third kappa shape index (κ3) is 8.14. The molecule has 37 heavy (non-hydrogen) atoms. The van der Waals surface area contributed by atoms with Gasteiger partial charge in [-0.1, -0.05) is 37.3 Å². The highest BCUT2D eigenvalue weighted by Gasteiger charge is 2.19. The maximum Gasteiger partial charge on any atom is 0.515 e. The number of amides is 2. The average Bonchev–Trinajstić information content (AvgIpc) is 2.89. The van der Waals surface area contributed by atoms with E-state index in [0.717, 1.165) is 11.8 Å². The van der Waals surface area contributed by atoms with Gasteiger partial charge in [-0.2, -0.15) is 0 Å². The van der Waals surface area contributed by atoms with E-state index in [-0.39, 0.29) is 28.4 Å². The van der Waals surface area contributed by atoms with E-state index in [1.165, 1.54) is 24.3 Å². The fourth-order valence-electron chi connectivity index (χ4n) is 3.02. The molecule has 2 aromatic carbocycles.